The van der Waals surface area contributed by atoms with Gasteiger partial charge in [-0.1, -0.05) is 11.5 Å². The van der Waals surface area contributed by atoms with Gasteiger partial charge in [-0.25, -0.2) is 0 Å². The van der Waals surface area contributed by atoms with E-state index in [1.165, 1.54) is 0 Å². The van der Waals surface area contributed by atoms with Crippen LogP contribution in [0.15, 0.2) is 18.2 Å². The molecule has 1 rings (SSSR count). The van der Waals surface area contributed by atoms with Gasteiger partial charge in [-0.3, -0.25) is 4.79 Å². The topological polar surface area (TPSA) is 37.3 Å². The summed E-state index contributed by atoms with van der Waals surface area (Å²) in [5.41, 5.74) is 1.29. The maximum atomic E-state index is 10.2. The third kappa shape index (κ3) is 1.18. The first kappa shape index (κ1) is 6.87. The minimum Gasteiger partial charge on any atom is -0.507 e. The highest BCUT2D eigenvalue weighted by molar-refractivity contribution is 6.32. The lowest BCUT2D eigenvalue weighted by Crippen LogP contribution is -2.00. The van der Waals surface area contributed by atoms with Crippen LogP contribution in [0.4, 0.5) is 0 Å². The fraction of sp³-hybridized carbons (Fsp3) is 0. The smallest absolute Gasteiger partial charge is 0.153 e. The van der Waals surface area contributed by atoms with E-state index in [9.17, 15) is 4.79 Å². The molecule has 0 atom stereocenters. The van der Waals surface area contributed by atoms with Crippen LogP contribution in [0.2, 0.25) is 0 Å². The number of rotatable bonds is 1. The molecular weight excluding hydrogens is 127 g/mol. The summed E-state index contributed by atoms with van der Waals surface area (Å²) in [6, 6.07) is 4.94. The van der Waals surface area contributed by atoms with Gasteiger partial charge in [0.2, 0.25) is 0 Å². The lowest BCUT2D eigenvalue weighted by molar-refractivity contribution is 0.112. The van der Waals surface area contributed by atoms with Gasteiger partial charge in [-0.05, 0) is 12.1 Å². The summed E-state index contributed by atoms with van der Waals surface area (Å²) >= 11 is 0. The van der Waals surface area contributed by atoms with Crippen molar-refractivity contribution in [2.75, 3.05) is 0 Å². The van der Waals surface area contributed by atoms with Crippen molar-refractivity contribution < 1.29 is 9.90 Å². The Hall–Kier alpha value is -1.25. The molecule has 50 valence electrons. The largest absolute Gasteiger partial charge is 0.507 e. The van der Waals surface area contributed by atoms with E-state index < -0.39 is 0 Å². The molecule has 3 heteroatoms. The normalized spacial score (nSPS) is 9.20. The molecule has 0 spiro atoms. The summed E-state index contributed by atoms with van der Waals surface area (Å²) in [6.07, 6.45) is 0.634. The first-order valence-electron chi connectivity index (χ1n) is 2.99. The molecule has 1 aromatic rings. The molecule has 0 unspecified atom stereocenters. The standard InChI is InChI=1S/C7H7BO2/c8-6-2-1-5(4-9)7(10)3-6/h1-4,10H,8H2. The summed E-state index contributed by atoms with van der Waals surface area (Å²) in [6.45, 7) is 0. The number of aromatic hydroxyl groups is 1. The Morgan fingerprint density at radius 3 is 2.70 bits per heavy atom. The second kappa shape index (κ2) is 2.56. The first-order valence-corrected chi connectivity index (χ1v) is 2.99. The fourth-order valence-electron chi connectivity index (χ4n) is 0.753. The molecule has 1 aromatic carbocycles. The molecule has 0 aliphatic carbocycles. The number of benzene rings is 1. The van der Waals surface area contributed by atoms with E-state index in [1.54, 1.807) is 18.2 Å². The van der Waals surface area contributed by atoms with Crippen LogP contribution in [-0.4, -0.2) is 19.2 Å². The molecule has 0 bridgehead atoms. The highest BCUT2D eigenvalue weighted by atomic mass is 16.3. The zero-order valence-corrected chi connectivity index (χ0v) is 5.66. The quantitative estimate of drug-likeness (QED) is 0.413. The van der Waals surface area contributed by atoms with E-state index in [-0.39, 0.29) is 5.75 Å². The van der Waals surface area contributed by atoms with Gasteiger partial charge in [0, 0.05) is 0 Å². The van der Waals surface area contributed by atoms with Crippen LogP contribution in [0.5, 0.6) is 5.75 Å². The Kier molecular flexibility index (Phi) is 1.76. The minimum atomic E-state index is 0.0509. The average Bonchev–Trinajstić information content (AvgIpc) is 1.88. The number of carbonyl (C=O) groups excluding carboxylic acids is 1. The van der Waals surface area contributed by atoms with E-state index in [0.717, 1.165) is 5.46 Å². The average molecular weight is 134 g/mol. The predicted octanol–water partition coefficient (Wildman–Crippen LogP) is -0.537. The van der Waals surface area contributed by atoms with Crippen molar-refractivity contribution in [2.24, 2.45) is 0 Å². The maximum Gasteiger partial charge on any atom is 0.153 e. The lowest BCUT2D eigenvalue weighted by Gasteiger charge is -1.96. The van der Waals surface area contributed by atoms with Crippen LogP contribution in [0, 0.1) is 0 Å². The Morgan fingerprint density at radius 1 is 1.50 bits per heavy atom. The molecule has 10 heavy (non-hydrogen) atoms. The molecule has 0 aromatic heterocycles. The SMILES string of the molecule is Bc1ccc(C=O)c(O)c1. The van der Waals surface area contributed by atoms with Gasteiger partial charge in [-0.15, -0.1) is 0 Å². The van der Waals surface area contributed by atoms with Crippen molar-refractivity contribution in [2.45, 2.75) is 0 Å². The van der Waals surface area contributed by atoms with Crippen LogP contribution in [0.25, 0.3) is 0 Å². The molecule has 0 heterocycles. The van der Waals surface area contributed by atoms with E-state index in [1.807, 2.05) is 7.85 Å². The van der Waals surface area contributed by atoms with Crippen molar-refractivity contribution in [1.82, 2.24) is 0 Å². The number of aldehydes is 1. The van der Waals surface area contributed by atoms with Gasteiger partial charge < -0.3 is 5.11 Å². The van der Waals surface area contributed by atoms with Crippen LogP contribution >= 0.6 is 0 Å². The monoisotopic (exact) mass is 134 g/mol. The second-order valence-corrected chi connectivity index (χ2v) is 2.18. The van der Waals surface area contributed by atoms with Gasteiger partial charge in [0.05, 0.1) is 5.56 Å². The number of carbonyl (C=O) groups is 1. The van der Waals surface area contributed by atoms with Gasteiger partial charge in [-0.2, -0.15) is 0 Å². The molecule has 0 amide bonds. The van der Waals surface area contributed by atoms with Crippen LogP contribution in [0.1, 0.15) is 10.4 Å². The molecule has 0 radical (unpaired) electrons. The zero-order valence-electron chi connectivity index (χ0n) is 5.66. The third-order valence-corrected chi connectivity index (χ3v) is 1.31. The Bertz CT molecular complexity index is 258. The number of phenolic OH excluding ortho intramolecular Hbond substituents is 1. The molecule has 1 N–H and O–H groups in total. The van der Waals surface area contributed by atoms with E-state index in [4.69, 9.17) is 5.11 Å². The predicted molar refractivity (Wildman–Crippen MR) is 41.7 cm³/mol. The third-order valence-electron chi connectivity index (χ3n) is 1.31. The Labute approximate surface area is 59.9 Å². The maximum absolute atomic E-state index is 10.2. The van der Waals surface area contributed by atoms with Crippen molar-refractivity contribution in [1.29, 1.82) is 0 Å². The summed E-state index contributed by atoms with van der Waals surface area (Å²) in [4.78, 5) is 10.2. The molecule has 0 saturated heterocycles. The lowest BCUT2D eigenvalue weighted by atomic mass is 9.95. The van der Waals surface area contributed by atoms with Gasteiger partial charge in [0.25, 0.3) is 0 Å². The number of hydrogen-bond donors (Lipinski definition) is 1. The van der Waals surface area contributed by atoms with E-state index in [2.05, 4.69) is 0 Å². The molecule has 0 aliphatic rings. The first-order chi connectivity index (χ1) is 4.74. The Balaban J connectivity index is 3.19. The van der Waals surface area contributed by atoms with Crippen LogP contribution in [-0.2, 0) is 0 Å². The Morgan fingerprint density at radius 2 is 2.20 bits per heavy atom. The summed E-state index contributed by atoms with van der Waals surface area (Å²) in [7, 11) is 1.86. The van der Waals surface area contributed by atoms with Gasteiger partial charge >= 0.3 is 0 Å². The number of phenols is 1. The molecule has 0 fully saturated rings. The second-order valence-electron chi connectivity index (χ2n) is 2.18. The van der Waals surface area contributed by atoms with Crippen molar-refractivity contribution in [3.8, 4) is 5.75 Å². The summed E-state index contributed by atoms with van der Waals surface area (Å²) in [5, 5.41) is 9.06. The van der Waals surface area contributed by atoms with Gasteiger partial charge in [0.15, 0.2) is 6.29 Å². The summed E-state index contributed by atoms with van der Waals surface area (Å²) < 4.78 is 0. The number of hydrogen-bond acceptors (Lipinski definition) is 2. The van der Waals surface area contributed by atoms with Crippen LogP contribution < -0.4 is 5.46 Å². The van der Waals surface area contributed by atoms with Crippen molar-refractivity contribution >= 4 is 19.6 Å². The summed E-state index contributed by atoms with van der Waals surface area (Å²) in [5.74, 6) is 0.0509. The zero-order chi connectivity index (χ0) is 7.56. The van der Waals surface area contributed by atoms with E-state index in [0.29, 0.717) is 11.8 Å². The van der Waals surface area contributed by atoms with E-state index >= 15 is 0 Å². The van der Waals surface area contributed by atoms with Crippen molar-refractivity contribution in [3.63, 3.8) is 0 Å². The molecular formula is C7H7BO2. The van der Waals surface area contributed by atoms with Crippen molar-refractivity contribution in [3.05, 3.63) is 23.8 Å². The minimum absolute atomic E-state index is 0.0509. The molecule has 0 aliphatic heterocycles. The highest BCUT2D eigenvalue weighted by Gasteiger charge is 1.96. The fourth-order valence-corrected chi connectivity index (χ4v) is 0.753. The molecule has 0 saturated carbocycles. The highest BCUT2D eigenvalue weighted by Crippen LogP contribution is 2.10. The van der Waals surface area contributed by atoms with Crippen LogP contribution in [0.3, 0.4) is 0 Å². The van der Waals surface area contributed by atoms with Gasteiger partial charge in [0.1, 0.15) is 13.6 Å². The molecule has 2 nitrogen and oxygen atoms in total.